The van der Waals surface area contributed by atoms with Gasteiger partial charge in [-0.3, -0.25) is 0 Å². The summed E-state index contributed by atoms with van der Waals surface area (Å²) in [6.45, 7) is 2.22. The highest BCUT2D eigenvalue weighted by molar-refractivity contribution is 5.89. The molecule has 0 saturated carbocycles. The van der Waals surface area contributed by atoms with Gasteiger partial charge in [0.05, 0.1) is 12.2 Å². The number of rotatable bonds is 2. The lowest BCUT2D eigenvalue weighted by atomic mass is 9.95. The average molecular weight is 226 g/mol. The van der Waals surface area contributed by atoms with Gasteiger partial charge in [-0.05, 0) is 30.2 Å². The Morgan fingerprint density at radius 1 is 0.941 bits per heavy atom. The maximum absolute atomic E-state index is 11.0. The molecule has 0 radical (unpaired) electrons. The number of carbonyl (C=O) groups is 1. The van der Waals surface area contributed by atoms with Gasteiger partial charge in [-0.1, -0.05) is 42.5 Å². The molecule has 0 N–H and O–H groups in total. The van der Waals surface area contributed by atoms with Gasteiger partial charge in [-0.25, -0.2) is 4.79 Å². The molecular weight excluding hydrogens is 212 g/mol. The summed E-state index contributed by atoms with van der Waals surface area (Å²) in [7, 11) is 0. The quantitative estimate of drug-likeness (QED) is 0.625. The van der Waals surface area contributed by atoms with Gasteiger partial charge in [0, 0.05) is 0 Å². The van der Waals surface area contributed by atoms with Crippen molar-refractivity contribution >= 4 is 5.97 Å². The number of esters is 1. The van der Waals surface area contributed by atoms with Gasteiger partial charge >= 0.3 is 5.97 Å². The summed E-state index contributed by atoms with van der Waals surface area (Å²) in [6, 6.07) is 17.4. The molecule has 2 aliphatic rings. The highest BCUT2D eigenvalue weighted by Gasteiger charge is 2.04. The first-order valence-electron chi connectivity index (χ1n) is 5.64. The molecule has 1 aromatic carbocycles. The van der Waals surface area contributed by atoms with Gasteiger partial charge in [0.15, 0.2) is 0 Å². The van der Waals surface area contributed by atoms with Crippen molar-refractivity contribution in [1.82, 2.24) is 0 Å². The minimum atomic E-state index is -0.256. The molecule has 2 heteroatoms. The summed E-state index contributed by atoms with van der Waals surface area (Å²) in [4.78, 5) is 11.0. The van der Waals surface area contributed by atoms with Gasteiger partial charge in [0.25, 0.3) is 0 Å². The summed E-state index contributed by atoms with van der Waals surface area (Å²) in [5.74, 6) is -0.256. The largest absolute Gasteiger partial charge is 0.462 e. The maximum Gasteiger partial charge on any atom is 0.338 e. The Balaban J connectivity index is 0.000000148. The van der Waals surface area contributed by atoms with Crippen molar-refractivity contribution in [2.75, 3.05) is 6.61 Å². The van der Waals surface area contributed by atoms with Crippen LogP contribution in [0.4, 0.5) is 0 Å². The number of carbonyl (C=O) groups excluding carboxylic acids is 1. The molecule has 0 aromatic heterocycles. The van der Waals surface area contributed by atoms with Gasteiger partial charge in [-0.15, -0.1) is 0 Å². The lowest BCUT2D eigenvalue weighted by molar-refractivity contribution is 0.0526. The summed E-state index contributed by atoms with van der Waals surface area (Å²) < 4.78 is 4.79. The zero-order valence-electron chi connectivity index (χ0n) is 9.72. The van der Waals surface area contributed by atoms with Crippen LogP contribution >= 0.6 is 0 Å². The van der Waals surface area contributed by atoms with Crippen LogP contribution in [0.25, 0.3) is 11.1 Å². The third kappa shape index (κ3) is 2.72. The van der Waals surface area contributed by atoms with E-state index in [1.807, 2.05) is 18.2 Å². The van der Waals surface area contributed by atoms with Crippen molar-refractivity contribution in [3.63, 3.8) is 0 Å². The van der Waals surface area contributed by atoms with E-state index >= 15 is 0 Å². The smallest absolute Gasteiger partial charge is 0.338 e. The molecule has 0 bridgehead atoms. The van der Waals surface area contributed by atoms with E-state index in [9.17, 15) is 4.79 Å². The van der Waals surface area contributed by atoms with Crippen molar-refractivity contribution in [2.24, 2.45) is 0 Å². The van der Waals surface area contributed by atoms with Crippen molar-refractivity contribution in [2.45, 2.75) is 6.92 Å². The first-order valence-corrected chi connectivity index (χ1v) is 5.64. The first-order chi connectivity index (χ1) is 8.31. The van der Waals surface area contributed by atoms with E-state index in [0.29, 0.717) is 12.2 Å². The molecule has 0 atom stereocenters. The van der Waals surface area contributed by atoms with Crippen LogP contribution in [-0.2, 0) is 4.74 Å². The Morgan fingerprint density at radius 2 is 1.47 bits per heavy atom. The summed E-state index contributed by atoms with van der Waals surface area (Å²) in [6.07, 6.45) is 0. The van der Waals surface area contributed by atoms with Crippen molar-refractivity contribution in [3.8, 4) is 11.1 Å². The minimum Gasteiger partial charge on any atom is -0.462 e. The number of benzene rings is 2. The second-order valence-corrected chi connectivity index (χ2v) is 3.66. The van der Waals surface area contributed by atoms with Gasteiger partial charge in [0.1, 0.15) is 0 Å². The molecule has 0 amide bonds. The van der Waals surface area contributed by atoms with E-state index in [1.54, 1.807) is 19.1 Å². The second-order valence-electron chi connectivity index (χ2n) is 3.66. The van der Waals surface area contributed by atoms with Gasteiger partial charge in [-0.2, -0.15) is 0 Å². The topological polar surface area (TPSA) is 26.3 Å². The summed E-state index contributed by atoms with van der Waals surface area (Å²) >= 11 is 0. The molecule has 0 saturated heterocycles. The molecule has 0 spiro atoms. The molecule has 2 nitrogen and oxygen atoms in total. The summed E-state index contributed by atoms with van der Waals surface area (Å²) in [5.41, 5.74) is 3.46. The number of hydrogen-bond donors (Lipinski definition) is 0. The molecule has 0 heterocycles. The third-order valence-corrected chi connectivity index (χ3v) is 2.50. The summed E-state index contributed by atoms with van der Waals surface area (Å²) in [5, 5.41) is 0. The van der Waals surface area contributed by atoms with Crippen LogP contribution in [0.3, 0.4) is 0 Å². The van der Waals surface area contributed by atoms with E-state index < -0.39 is 0 Å². The fourth-order valence-corrected chi connectivity index (χ4v) is 1.45. The van der Waals surface area contributed by atoms with Crippen molar-refractivity contribution in [1.29, 1.82) is 0 Å². The monoisotopic (exact) mass is 226 g/mol. The molecule has 2 aliphatic carbocycles. The number of hydrogen-bond acceptors (Lipinski definition) is 2. The van der Waals surface area contributed by atoms with Crippen LogP contribution in [0.1, 0.15) is 17.3 Å². The lowest BCUT2D eigenvalue weighted by Gasteiger charge is -2.10. The molecule has 17 heavy (non-hydrogen) atoms. The Hall–Kier alpha value is -2.09. The highest BCUT2D eigenvalue weighted by Crippen LogP contribution is 2.29. The molecular formula is C15H14O2. The average Bonchev–Trinajstić information content (AvgIpc) is 2.36. The zero-order valence-corrected chi connectivity index (χ0v) is 9.72. The van der Waals surface area contributed by atoms with E-state index in [1.165, 1.54) is 11.1 Å². The molecule has 0 fully saturated rings. The van der Waals surface area contributed by atoms with Crippen molar-refractivity contribution < 1.29 is 9.53 Å². The maximum atomic E-state index is 11.0. The molecule has 86 valence electrons. The van der Waals surface area contributed by atoms with E-state index in [-0.39, 0.29) is 5.97 Å². The Kier molecular flexibility index (Phi) is 3.55. The SMILES string of the molecule is CCOC(=O)c1ccccc1.c1cc2ccc1-2. The Bertz CT molecular complexity index is 465. The molecule has 0 aliphatic heterocycles. The fourth-order valence-electron chi connectivity index (χ4n) is 1.45. The lowest BCUT2D eigenvalue weighted by Crippen LogP contribution is -2.03. The Morgan fingerprint density at radius 3 is 1.82 bits per heavy atom. The minimum absolute atomic E-state index is 0.256. The fraction of sp³-hybridized carbons (Fsp3) is 0.133. The van der Waals surface area contributed by atoms with Crippen LogP contribution in [-0.4, -0.2) is 12.6 Å². The standard InChI is InChI=1S/C9H10O2.C6H4/c1-2-11-9(10)8-6-4-3-5-7-8;1-2-6-4-3-5(1)6/h3-7H,2H2,1H3;1-4H. The van der Waals surface area contributed by atoms with Crippen molar-refractivity contribution in [3.05, 3.63) is 60.2 Å². The van der Waals surface area contributed by atoms with Gasteiger partial charge in [0.2, 0.25) is 0 Å². The van der Waals surface area contributed by atoms with E-state index in [4.69, 9.17) is 4.74 Å². The molecule has 3 rings (SSSR count). The highest BCUT2D eigenvalue weighted by atomic mass is 16.5. The number of fused-ring (bicyclic) bond motifs is 1. The predicted octanol–water partition coefficient (Wildman–Crippen LogP) is 3.53. The normalized spacial score (nSPS) is 9.94. The van der Waals surface area contributed by atoms with Crippen LogP contribution in [0, 0.1) is 0 Å². The number of ether oxygens (including phenoxy) is 1. The zero-order chi connectivity index (χ0) is 12.1. The van der Waals surface area contributed by atoms with Gasteiger partial charge < -0.3 is 4.74 Å². The third-order valence-electron chi connectivity index (χ3n) is 2.50. The van der Waals surface area contributed by atoms with Crippen LogP contribution in [0.5, 0.6) is 0 Å². The molecule has 1 aromatic rings. The second kappa shape index (κ2) is 5.30. The van der Waals surface area contributed by atoms with Crippen LogP contribution in [0.2, 0.25) is 0 Å². The molecule has 0 unspecified atom stereocenters. The van der Waals surface area contributed by atoms with Crippen LogP contribution < -0.4 is 0 Å². The van der Waals surface area contributed by atoms with E-state index in [2.05, 4.69) is 24.3 Å². The first kappa shape index (κ1) is 11.4. The van der Waals surface area contributed by atoms with Crippen LogP contribution in [0.15, 0.2) is 54.6 Å². The van der Waals surface area contributed by atoms with E-state index in [0.717, 1.165) is 0 Å². The Labute approximate surface area is 101 Å². The predicted molar refractivity (Wildman–Crippen MR) is 67.8 cm³/mol.